The minimum absolute atomic E-state index is 0.0669. The Bertz CT molecular complexity index is 1310. The van der Waals surface area contributed by atoms with Gasteiger partial charge in [0.15, 0.2) is 0 Å². The minimum atomic E-state index is -0.583. The van der Waals surface area contributed by atoms with Crippen molar-refractivity contribution in [1.29, 1.82) is 5.26 Å². The van der Waals surface area contributed by atoms with Gasteiger partial charge in [0.25, 0.3) is 5.91 Å². The molecule has 10 heteroatoms. The third-order valence-corrected chi connectivity index (χ3v) is 5.53. The van der Waals surface area contributed by atoms with Gasteiger partial charge in [-0.25, -0.2) is 14.1 Å². The number of nitriles is 1. The molecule has 4 heterocycles. The Kier molecular flexibility index (Phi) is 4.18. The fraction of sp³-hybridized carbons (Fsp3) is 0.190. The molecule has 0 fully saturated rings. The van der Waals surface area contributed by atoms with E-state index in [1.165, 1.54) is 22.9 Å². The van der Waals surface area contributed by atoms with E-state index in [4.69, 9.17) is 5.73 Å². The van der Waals surface area contributed by atoms with Gasteiger partial charge in [-0.2, -0.15) is 10.4 Å². The molecule has 0 saturated heterocycles. The highest BCUT2D eigenvalue weighted by Gasteiger charge is 2.30. The summed E-state index contributed by atoms with van der Waals surface area (Å²) in [6.07, 6.45) is 2.09. The zero-order chi connectivity index (χ0) is 21.7. The summed E-state index contributed by atoms with van der Waals surface area (Å²) in [4.78, 5) is 28.5. The predicted molar refractivity (Wildman–Crippen MR) is 108 cm³/mol. The molecule has 2 aliphatic rings. The van der Waals surface area contributed by atoms with Crippen molar-refractivity contribution in [2.75, 3.05) is 11.9 Å². The molecule has 3 aromatic rings. The molecule has 2 amide bonds. The lowest BCUT2D eigenvalue weighted by Gasteiger charge is -2.19. The lowest BCUT2D eigenvalue weighted by atomic mass is 9.98. The van der Waals surface area contributed by atoms with Crippen LogP contribution in [0.25, 0.3) is 16.9 Å². The topological polar surface area (TPSA) is 139 Å². The second-order valence-electron chi connectivity index (χ2n) is 7.42. The maximum Gasteiger partial charge on any atom is 0.255 e. The average Bonchev–Trinajstić information content (AvgIpc) is 3.35. The molecule has 0 saturated carbocycles. The van der Waals surface area contributed by atoms with Crippen LogP contribution in [-0.4, -0.2) is 33.1 Å². The lowest BCUT2D eigenvalue weighted by molar-refractivity contribution is -0.121. The molecule has 31 heavy (non-hydrogen) atoms. The van der Waals surface area contributed by atoms with Gasteiger partial charge in [-0.3, -0.25) is 9.59 Å². The Morgan fingerprint density at radius 2 is 2.13 bits per heavy atom. The van der Waals surface area contributed by atoms with Crippen LogP contribution in [0.3, 0.4) is 0 Å². The van der Waals surface area contributed by atoms with E-state index in [0.29, 0.717) is 35.6 Å². The number of halogens is 1. The van der Waals surface area contributed by atoms with Crippen molar-refractivity contribution in [2.24, 2.45) is 11.7 Å². The van der Waals surface area contributed by atoms with Crippen molar-refractivity contribution in [3.63, 3.8) is 0 Å². The number of anilines is 1. The number of amides is 2. The van der Waals surface area contributed by atoms with Crippen LogP contribution in [0.5, 0.6) is 0 Å². The number of rotatable bonds is 3. The van der Waals surface area contributed by atoms with Crippen molar-refractivity contribution in [3.8, 4) is 23.0 Å². The van der Waals surface area contributed by atoms with Crippen LogP contribution < -0.4 is 16.4 Å². The molecule has 0 radical (unpaired) electrons. The van der Waals surface area contributed by atoms with E-state index in [-0.39, 0.29) is 35.2 Å². The minimum Gasteiger partial charge on any atom is -0.381 e. The molecule has 4 N–H and O–H groups in total. The van der Waals surface area contributed by atoms with E-state index < -0.39 is 11.7 Å². The molecule has 2 aromatic heterocycles. The predicted octanol–water partition coefficient (Wildman–Crippen LogP) is 1.26. The van der Waals surface area contributed by atoms with Crippen LogP contribution in [0.1, 0.15) is 27.3 Å². The normalized spacial score (nSPS) is 16.6. The molecular weight excluding hydrogens is 401 g/mol. The Hall–Kier alpha value is -4.26. The number of hydrogen-bond acceptors (Lipinski definition) is 6. The quantitative estimate of drug-likeness (QED) is 0.586. The van der Waals surface area contributed by atoms with Gasteiger partial charge in [0.2, 0.25) is 5.91 Å². The molecule has 0 bridgehead atoms. The first kappa shape index (κ1) is 18.7. The second-order valence-corrected chi connectivity index (χ2v) is 7.42. The lowest BCUT2D eigenvalue weighted by Crippen LogP contribution is -2.34. The number of carbonyl (C=O) groups excluding carboxylic acids is 2. The van der Waals surface area contributed by atoms with Gasteiger partial charge in [-0.1, -0.05) is 6.07 Å². The first-order valence-electron chi connectivity index (χ1n) is 9.59. The summed E-state index contributed by atoms with van der Waals surface area (Å²) in [7, 11) is 0. The van der Waals surface area contributed by atoms with Gasteiger partial charge in [-0.15, -0.1) is 0 Å². The molecule has 0 spiro atoms. The van der Waals surface area contributed by atoms with Crippen LogP contribution in [-0.2, 0) is 17.8 Å². The number of carbonyl (C=O) groups is 2. The summed E-state index contributed by atoms with van der Waals surface area (Å²) < 4.78 is 16.2. The number of primary amides is 1. The number of nitrogens with one attached hydrogen (secondary N) is 2. The number of fused-ring (bicyclic) bond motifs is 2. The molecule has 0 aliphatic carbocycles. The van der Waals surface area contributed by atoms with Crippen LogP contribution in [0.15, 0.2) is 30.5 Å². The highest BCUT2D eigenvalue weighted by molar-refractivity contribution is 6.01. The highest BCUT2D eigenvalue weighted by atomic mass is 19.1. The van der Waals surface area contributed by atoms with Crippen LogP contribution >= 0.6 is 0 Å². The van der Waals surface area contributed by atoms with E-state index >= 15 is 0 Å². The Balaban J connectivity index is 1.68. The Morgan fingerprint density at radius 1 is 1.29 bits per heavy atom. The van der Waals surface area contributed by atoms with Crippen molar-refractivity contribution in [3.05, 3.63) is 58.8 Å². The van der Waals surface area contributed by atoms with Gasteiger partial charge in [0.1, 0.15) is 5.82 Å². The Labute approximate surface area is 175 Å². The van der Waals surface area contributed by atoms with Crippen LogP contribution in [0.4, 0.5) is 10.1 Å². The molecule has 2 aliphatic heterocycles. The molecule has 1 unspecified atom stereocenters. The first-order valence-corrected chi connectivity index (χ1v) is 9.59. The van der Waals surface area contributed by atoms with E-state index in [1.807, 2.05) is 6.07 Å². The molecule has 154 valence electrons. The SMILES string of the molecule is N#Cc1cccc(F)c1-c1cc(-n2cc3c(n2)CC(C(N)=O)CN3)c2c(n1)CNC2=O. The zero-order valence-corrected chi connectivity index (χ0v) is 16.1. The zero-order valence-electron chi connectivity index (χ0n) is 16.1. The van der Waals surface area contributed by atoms with E-state index in [2.05, 4.69) is 20.7 Å². The fourth-order valence-electron chi connectivity index (χ4n) is 3.97. The van der Waals surface area contributed by atoms with Gasteiger partial charge < -0.3 is 16.4 Å². The number of aromatic nitrogens is 3. The van der Waals surface area contributed by atoms with Crippen molar-refractivity contribution in [1.82, 2.24) is 20.1 Å². The Morgan fingerprint density at radius 3 is 2.90 bits per heavy atom. The van der Waals surface area contributed by atoms with Crippen LogP contribution in [0, 0.1) is 23.1 Å². The smallest absolute Gasteiger partial charge is 0.255 e. The summed E-state index contributed by atoms with van der Waals surface area (Å²) >= 11 is 0. The van der Waals surface area contributed by atoms with Crippen LogP contribution in [0.2, 0.25) is 0 Å². The number of hydrogen-bond donors (Lipinski definition) is 3. The van der Waals surface area contributed by atoms with Gasteiger partial charge in [0.05, 0.1) is 69.9 Å². The van der Waals surface area contributed by atoms with Crippen molar-refractivity contribution >= 4 is 17.5 Å². The summed E-state index contributed by atoms with van der Waals surface area (Å²) in [5.74, 6) is -1.69. The van der Waals surface area contributed by atoms with E-state index in [9.17, 15) is 19.2 Å². The number of benzene rings is 1. The molecular formula is C21H16FN7O2. The second kappa shape index (κ2) is 6.91. The third-order valence-electron chi connectivity index (χ3n) is 5.53. The summed E-state index contributed by atoms with van der Waals surface area (Å²) in [5.41, 5.74) is 8.43. The van der Waals surface area contributed by atoms with Gasteiger partial charge >= 0.3 is 0 Å². The molecule has 5 rings (SSSR count). The standard InChI is InChI=1S/C21H16FN7O2/c22-12-3-1-2-10(6-23)18(12)14-5-17(19-15(27-14)8-26-21(19)31)29-9-16-13(28-29)4-11(7-25-16)20(24)30/h1-3,5,9,11,25H,4,7-8H2,(H2,24,30)(H,26,31). The monoisotopic (exact) mass is 417 g/mol. The average molecular weight is 417 g/mol. The van der Waals surface area contributed by atoms with Crippen molar-refractivity contribution < 1.29 is 14.0 Å². The third kappa shape index (κ3) is 2.98. The molecule has 1 aromatic carbocycles. The fourth-order valence-corrected chi connectivity index (χ4v) is 3.97. The summed E-state index contributed by atoms with van der Waals surface area (Å²) in [6, 6.07) is 7.76. The van der Waals surface area contributed by atoms with Gasteiger partial charge in [-0.05, 0) is 18.2 Å². The summed E-state index contributed by atoms with van der Waals surface area (Å²) in [5, 5.41) is 19.8. The summed E-state index contributed by atoms with van der Waals surface area (Å²) in [6.45, 7) is 0.587. The number of nitrogens with zero attached hydrogens (tertiary/aromatic N) is 4. The largest absolute Gasteiger partial charge is 0.381 e. The van der Waals surface area contributed by atoms with Gasteiger partial charge in [0, 0.05) is 13.0 Å². The maximum absolute atomic E-state index is 14.6. The number of nitrogens with two attached hydrogens (primary N) is 1. The van der Waals surface area contributed by atoms with E-state index in [0.717, 1.165) is 5.69 Å². The number of pyridine rings is 1. The first-order chi connectivity index (χ1) is 15.0. The molecule has 9 nitrogen and oxygen atoms in total. The maximum atomic E-state index is 14.6. The molecule has 1 atom stereocenters. The van der Waals surface area contributed by atoms with Crippen molar-refractivity contribution in [2.45, 2.75) is 13.0 Å². The van der Waals surface area contributed by atoms with E-state index in [1.54, 1.807) is 12.3 Å². The highest BCUT2D eigenvalue weighted by Crippen LogP contribution is 2.33.